The summed E-state index contributed by atoms with van der Waals surface area (Å²) in [6, 6.07) is 0. The highest BCUT2D eigenvalue weighted by molar-refractivity contribution is 5.89. The predicted molar refractivity (Wildman–Crippen MR) is 41.0 cm³/mol. The van der Waals surface area contributed by atoms with Gasteiger partial charge in [-0.25, -0.2) is 0 Å². The summed E-state index contributed by atoms with van der Waals surface area (Å²) in [6.07, 6.45) is -2.98. The fraction of sp³-hybridized carbons (Fsp3) is 0.875. The van der Waals surface area contributed by atoms with Crippen LogP contribution in [0.25, 0.3) is 0 Å². The third-order valence-corrected chi connectivity index (χ3v) is 2.34. The number of Topliss-reactive ketones (excluding diaryl/α,β-unsaturated/α-hetero) is 1. The summed E-state index contributed by atoms with van der Waals surface area (Å²) >= 11 is 0. The van der Waals surface area contributed by atoms with E-state index in [1.165, 1.54) is 0 Å². The van der Waals surface area contributed by atoms with Crippen LogP contribution >= 0.6 is 0 Å². The number of rotatable bonds is 3. The minimum Gasteiger partial charge on any atom is -0.312 e. The predicted octanol–water partition coefficient (Wildman–Crippen LogP) is 1.64. The first-order chi connectivity index (χ1) is 5.75. The van der Waals surface area contributed by atoms with Crippen molar-refractivity contribution in [2.75, 3.05) is 0 Å². The molecule has 0 aromatic carbocycles. The molecular weight excluding hydrogens is 183 g/mol. The molecule has 1 unspecified atom stereocenters. The molecule has 0 spiro atoms. The Balaban J connectivity index is 2.61. The van der Waals surface area contributed by atoms with E-state index in [0.717, 1.165) is 19.8 Å². The number of hydrogen-bond acceptors (Lipinski definition) is 2. The number of carbonyl (C=O) groups is 1. The van der Waals surface area contributed by atoms with Crippen LogP contribution in [0.1, 0.15) is 26.2 Å². The molecule has 0 radical (unpaired) electrons. The van der Waals surface area contributed by atoms with Gasteiger partial charge in [0.25, 0.3) is 0 Å². The molecule has 0 bridgehead atoms. The molecule has 0 aromatic rings. The standard InChI is InChI=1S/C8H12F3NO/c1-7(12,8(9,10)11)6(13)4-5-2-3-5/h5H,2-4,12H2,1H3. The second-order valence-corrected chi connectivity index (χ2v) is 3.77. The van der Waals surface area contributed by atoms with Gasteiger partial charge in [-0.2, -0.15) is 13.2 Å². The minimum absolute atomic E-state index is 0.0352. The van der Waals surface area contributed by atoms with E-state index >= 15 is 0 Å². The third kappa shape index (κ3) is 2.21. The smallest absolute Gasteiger partial charge is 0.312 e. The van der Waals surface area contributed by atoms with Crippen molar-refractivity contribution in [3.63, 3.8) is 0 Å². The first kappa shape index (κ1) is 10.5. The molecule has 1 atom stereocenters. The lowest BCUT2D eigenvalue weighted by atomic mass is 9.93. The molecule has 5 heteroatoms. The maximum atomic E-state index is 12.2. The topological polar surface area (TPSA) is 43.1 Å². The fourth-order valence-corrected chi connectivity index (χ4v) is 0.954. The molecule has 13 heavy (non-hydrogen) atoms. The van der Waals surface area contributed by atoms with Crippen molar-refractivity contribution in [3.8, 4) is 0 Å². The summed E-state index contributed by atoms with van der Waals surface area (Å²) < 4.78 is 36.6. The van der Waals surface area contributed by atoms with Crippen molar-refractivity contribution in [2.24, 2.45) is 11.7 Å². The monoisotopic (exact) mass is 195 g/mol. The van der Waals surface area contributed by atoms with E-state index in [1.807, 2.05) is 0 Å². The number of hydrogen-bond donors (Lipinski definition) is 1. The SMILES string of the molecule is CC(N)(C(=O)CC1CC1)C(F)(F)F. The highest BCUT2D eigenvalue weighted by atomic mass is 19.4. The van der Waals surface area contributed by atoms with Gasteiger partial charge in [0.15, 0.2) is 11.3 Å². The van der Waals surface area contributed by atoms with Crippen LogP contribution < -0.4 is 5.73 Å². The maximum absolute atomic E-state index is 12.2. The lowest BCUT2D eigenvalue weighted by molar-refractivity contribution is -0.186. The highest BCUT2D eigenvalue weighted by Gasteiger charge is 2.53. The Hall–Kier alpha value is -0.580. The largest absolute Gasteiger partial charge is 0.413 e. The molecule has 0 saturated heterocycles. The molecule has 76 valence electrons. The third-order valence-electron chi connectivity index (χ3n) is 2.34. The van der Waals surface area contributed by atoms with Gasteiger partial charge in [-0.05, 0) is 25.7 Å². The van der Waals surface area contributed by atoms with Gasteiger partial charge in [0.2, 0.25) is 0 Å². The second kappa shape index (κ2) is 2.97. The van der Waals surface area contributed by atoms with Crippen molar-refractivity contribution in [2.45, 2.75) is 37.9 Å². The normalized spacial score (nSPS) is 22.5. The Morgan fingerprint density at radius 3 is 2.23 bits per heavy atom. The summed E-state index contributed by atoms with van der Waals surface area (Å²) in [4.78, 5) is 11.1. The van der Waals surface area contributed by atoms with Crippen LogP contribution in [0.3, 0.4) is 0 Å². The molecule has 1 aliphatic rings. The Kier molecular flexibility index (Phi) is 2.40. The number of alkyl halides is 3. The van der Waals surface area contributed by atoms with Crippen LogP contribution in [0, 0.1) is 5.92 Å². The molecule has 1 rings (SSSR count). The van der Waals surface area contributed by atoms with Crippen LogP contribution in [0.2, 0.25) is 0 Å². The van der Waals surface area contributed by atoms with Crippen molar-refractivity contribution < 1.29 is 18.0 Å². The van der Waals surface area contributed by atoms with Gasteiger partial charge < -0.3 is 5.73 Å². The van der Waals surface area contributed by atoms with Crippen molar-refractivity contribution >= 4 is 5.78 Å². The zero-order valence-electron chi connectivity index (χ0n) is 7.32. The van der Waals surface area contributed by atoms with Gasteiger partial charge in [-0.15, -0.1) is 0 Å². The van der Waals surface area contributed by atoms with E-state index in [9.17, 15) is 18.0 Å². The van der Waals surface area contributed by atoms with Gasteiger partial charge in [0.05, 0.1) is 0 Å². The molecule has 1 aliphatic carbocycles. The van der Waals surface area contributed by atoms with Crippen LogP contribution in [0.15, 0.2) is 0 Å². The first-order valence-corrected chi connectivity index (χ1v) is 4.14. The zero-order valence-corrected chi connectivity index (χ0v) is 7.32. The molecule has 2 nitrogen and oxygen atoms in total. The maximum Gasteiger partial charge on any atom is 0.413 e. The van der Waals surface area contributed by atoms with E-state index < -0.39 is 17.5 Å². The molecule has 1 saturated carbocycles. The fourth-order valence-electron chi connectivity index (χ4n) is 0.954. The molecule has 0 heterocycles. The molecular formula is C8H12F3NO. The summed E-state index contributed by atoms with van der Waals surface area (Å²) in [7, 11) is 0. The summed E-state index contributed by atoms with van der Waals surface area (Å²) in [6.45, 7) is 0.734. The number of carbonyl (C=O) groups excluding carboxylic acids is 1. The van der Waals surface area contributed by atoms with Crippen molar-refractivity contribution in [1.82, 2.24) is 0 Å². The van der Waals surface area contributed by atoms with Crippen LogP contribution in [-0.2, 0) is 4.79 Å². The average molecular weight is 195 g/mol. The van der Waals surface area contributed by atoms with E-state index in [-0.39, 0.29) is 12.3 Å². The van der Waals surface area contributed by atoms with Crippen LogP contribution in [-0.4, -0.2) is 17.5 Å². The van der Waals surface area contributed by atoms with Crippen LogP contribution in [0.4, 0.5) is 13.2 Å². The quantitative estimate of drug-likeness (QED) is 0.743. The molecule has 0 aromatic heterocycles. The Morgan fingerprint density at radius 1 is 1.46 bits per heavy atom. The second-order valence-electron chi connectivity index (χ2n) is 3.77. The van der Waals surface area contributed by atoms with E-state index in [4.69, 9.17) is 5.73 Å². The average Bonchev–Trinajstić information content (AvgIpc) is 2.68. The Morgan fingerprint density at radius 2 is 1.92 bits per heavy atom. The first-order valence-electron chi connectivity index (χ1n) is 4.14. The van der Waals surface area contributed by atoms with Gasteiger partial charge in [0.1, 0.15) is 0 Å². The van der Waals surface area contributed by atoms with Crippen LogP contribution in [0.5, 0.6) is 0 Å². The molecule has 0 aliphatic heterocycles. The summed E-state index contributed by atoms with van der Waals surface area (Å²) in [5.41, 5.74) is 2.27. The van der Waals surface area contributed by atoms with Crippen molar-refractivity contribution in [1.29, 1.82) is 0 Å². The summed E-state index contributed by atoms with van der Waals surface area (Å²) in [5.74, 6) is -0.764. The molecule has 0 amide bonds. The lowest BCUT2D eigenvalue weighted by Crippen LogP contribution is -2.57. The van der Waals surface area contributed by atoms with E-state index in [0.29, 0.717) is 0 Å². The molecule has 2 N–H and O–H groups in total. The van der Waals surface area contributed by atoms with Gasteiger partial charge >= 0.3 is 6.18 Å². The van der Waals surface area contributed by atoms with E-state index in [1.54, 1.807) is 0 Å². The zero-order chi connectivity index (χ0) is 10.3. The summed E-state index contributed by atoms with van der Waals surface area (Å²) in [5, 5.41) is 0. The minimum atomic E-state index is -4.64. The van der Waals surface area contributed by atoms with Gasteiger partial charge in [-0.3, -0.25) is 4.79 Å². The van der Waals surface area contributed by atoms with Gasteiger partial charge in [0, 0.05) is 6.42 Å². The molecule has 1 fully saturated rings. The van der Waals surface area contributed by atoms with E-state index in [2.05, 4.69) is 0 Å². The van der Waals surface area contributed by atoms with Gasteiger partial charge in [-0.1, -0.05) is 0 Å². The lowest BCUT2D eigenvalue weighted by Gasteiger charge is -2.25. The number of halogens is 3. The Bertz CT molecular complexity index is 218. The highest BCUT2D eigenvalue weighted by Crippen LogP contribution is 2.37. The number of ketones is 1. The van der Waals surface area contributed by atoms with Crippen molar-refractivity contribution in [3.05, 3.63) is 0 Å². The number of nitrogens with two attached hydrogens (primary N) is 1. The Labute approximate surface area is 74.3 Å².